The molecule has 0 fully saturated rings. The molecule has 1 unspecified atom stereocenters. The summed E-state index contributed by atoms with van der Waals surface area (Å²) in [5.41, 5.74) is -1.15. The van der Waals surface area contributed by atoms with Gasteiger partial charge in [0, 0.05) is 11.5 Å². The lowest BCUT2D eigenvalue weighted by Gasteiger charge is -2.21. The van der Waals surface area contributed by atoms with Crippen molar-refractivity contribution in [3.63, 3.8) is 0 Å². The fourth-order valence-corrected chi connectivity index (χ4v) is 3.23. The average molecular weight is 390 g/mol. The van der Waals surface area contributed by atoms with Crippen molar-refractivity contribution in [1.82, 2.24) is 4.31 Å². The van der Waals surface area contributed by atoms with E-state index in [-0.39, 0.29) is 4.47 Å². The van der Waals surface area contributed by atoms with Crippen LogP contribution in [0, 0.1) is 0 Å². The normalized spacial score (nSPS) is 14.2. The van der Waals surface area contributed by atoms with E-state index in [9.17, 15) is 26.4 Å². The molecule has 0 aliphatic heterocycles. The van der Waals surface area contributed by atoms with E-state index in [1.165, 1.54) is 0 Å². The first kappa shape index (κ1) is 17.9. The van der Waals surface area contributed by atoms with E-state index >= 15 is 0 Å². The lowest BCUT2D eigenvalue weighted by molar-refractivity contribution is -0.141. The summed E-state index contributed by atoms with van der Waals surface area (Å²) in [7, 11) is -3.36. The molecule has 118 valence electrons. The van der Waals surface area contributed by atoms with E-state index in [2.05, 4.69) is 15.9 Å². The lowest BCUT2D eigenvalue weighted by atomic mass is 10.2. The Morgan fingerprint density at radius 2 is 1.90 bits per heavy atom. The van der Waals surface area contributed by atoms with Crippen molar-refractivity contribution in [2.24, 2.45) is 0 Å². The van der Waals surface area contributed by atoms with Crippen LogP contribution in [0.5, 0.6) is 0 Å². The second-order valence-electron chi connectivity index (χ2n) is 4.17. The highest BCUT2D eigenvalue weighted by Crippen LogP contribution is 2.36. The predicted octanol–water partition coefficient (Wildman–Crippen LogP) is 2.56. The fraction of sp³-hybridized carbons (Fsp3) is 0.364. The topological polar surface area (TPSA) is 74.7 Å². The molecular weight excluding hydrogens is 379 g/mol. The van der Waals surface area contributed by atoms with Crippen molar-refractivity contribution >= 4 is 31.9 Å². The fourth-order valence-electron chi connectivity index (χ4n) is 1.41. The van der Waals surface area contributed by atoms with Gasteiger partial charge in [-0.3, -0.25) is 4.79 Å². The van der Waals surface area contributed by atoms with Gasteiger partial charge in [0.15, 0.2) is 0 Å². The van der Waals surface area contributed by atoms with Crippen molar-refractivity contribution in [3.8, 4) is 0 Å². The van der Waals surface area contributed by atoms with Gasteiger partial charge in [0.25, 0.3) is 0 Å². The van der Waals surface area contributed by atoms with Crippen LogP contribution < -0.4 is 0 Å². The molecule has 1 aromatic rings. The molecule has 1 atom stereocenters. The van der Waals surface area contributed by atoms with Crippen LogP contribution in [0.4, 0.5) is 13.2 Å². The molecule has 1 N–H and O–H groups in total. The molecule has 0 bridgehead atoms. The molecular formula is C11H11BrF3NO4S. The number of benzene rings is 1. The average Bonchev–Trinajstić information content (AvgIpc) is 2.35. The van der Waals surface area contributed by atoms with E-state index < -0.39 is 38.7 Å². The number of hydrogen-bond donors (Lipinski definition) is 1. The summed E-state index contributed by atoms with van der Waals surface area (Å²) in [6, 6.07) is 0.979. The van der Waals surface area contributed by atoms with E-state index in [4.69, 9.17) is 5.11 Å². The van der Waals surface area contributed by atoms with E-state index in [1.807, 2.05) is 0 Å². The molecule has 1 rings (SSSR count). The van der Waals surface area contributed by atoms with Crippen molar-refractivity contribution in [2.45, 2.75) is 24.0 Å². The largest absolute Gasteiger partial charge is 0.480 e. The predicted molar refractivity (Wildman–Crippen MR) is 71.2 cm³/mol. The molecule has 10 heteroatoms. The lowest BCUT2D eigenvalue weighted by Crippen LogP contribution is -2.40. The van der Waals surface area contributed by atoms with Gasteiger partial charge in [0.1, 0.15) is 6.04 Å². The quantitative estimate of drug-likeness (QED) is 0.858. The minimum absolute atomic E-state index is 0.303. The molecule has 5 nitrogen and oxygen atoms in total. The number of likely N-dealkylation sites (N-methyl/N-ethyl adjacent to an activating group) is 1. The smallest absolute Gasteiger partial charge is 0.417 e. The molecule has 0 aliphatic rings. The minimum Gasteiger partial charge on any atom is -0.480 e. The second kappa shape index (κ2) is 5.93. The number of aliphatic carboxylic acids is 1. The van der Waals surface area contributed by atoms with Crippen LogP contribution in [0.15, 0.2) is 27.6 Å². The van der Waals surface area contributed by atoms with E-state index in [0.717, 1.165) is 26.1 Å². The number of carboxylic acids is 1. The van der Waals surface area contributed by atoms with E-state index in [1.54, 1.807) is 0 Å². The monoisotopic (exact) mass is 389 g/mol. The van der Waals surface area contributed by atoms with Gasteiger partial charge in [-0.25, -0.2) is 8.42 Å². The highest BCUT2D eigenvalue weighted by molar-refractivity contribution is 9.10. The van der Waals surface area contributed by atoms with Crippen molar-refractivity contribution in [2.75, 3.05) is 7.05 Å². The van der Waals surface area contributed by atoms with Crippen molar-refractivity contribution in [3.05, 3.63) is 28.2 Å². The zero-order chi connectivity index (χ0) is 16.6. The zero-order valence-electron chi connectivity index (χ0n) is 10.8. The Bertz CT molecular complexity index is 660. The Morgan fingerprint density at radius 3 is 2.33 bits per heavy atom. The first-order chi connectivity index (χ1) is 9.39. The van der Waals surface area contributed by atoms with Crippen molar-refractivity contribution in [1.29, 1.82) is 0 Å². The Balaban J connectivity index is 3.37. The first-order valence-corrected chi connectivity index (χ1v) is 7.70. The maximum absolute atomic E-state index is 12.8. The summed E-state index contributed by atoms with van der Waals surface area (Å²) in [4.78, 5) is 10.2. The Kier molecular flexibility index (Phi) is 5.06. The molecule has 0 saturated carbocycles. The van der Waals surface area contributed by atoms with Gasteiger partial charge in [-0.15, -0.1) is 0 Å². The summed E-state index contributed by atoms with van der Waals surface area (Å²) < 4.78 is 62.8. The maximum Gasteiger partial charge on any atom is 0.417 e. The summed E-state index contributed by atoms with van der Waals surface area (Å²) in [6.07, 6.45) is -4.73. The number of carbonyl (C=O) groups is 1. The highest BCUT2D eigenvalue weighted by Gasteiger charge is 2.36. The summed E-state index contributed by atoms with van der Waals surface area (Å²) >= 11 is 2.70. The molecule has 0 aliphatic carbocycles. The molecule has 0 heterocycles. The third-order valence-electron chi connectivity index (χ3n) is 2.82. The van der Waals surface area contributed by atoms with Crippen LogP contribution in [0.25, 0.3) is 0 Å². The Morgan fingerprint density at radius 1 is 1.38 bits per heavy atom. The molecule has 21 heavy (non-hydrogen) atoms. The minimum atomic E-state index is -4.73. The van der Waals surface area contributed by atoms with Crippen LogP contribution >= 0.6 is 15.9 Å². The molecule has 0 radical (unpaired) electrons. The zero-order valence-corrected chi connectivity index (χ0v) is 13.3. The summed E-state index contributed by atoms with van der Waals surface area (Å²) in [6.45, 7) is 1.11. The van der Waals surface area contributed by atoms with Crippen molar-refractivity contribution < 1.29 is 31.5 Å². The van der Waals surface area contributed by atoms with Crippen LogP contribution in [-0.2, 0) is 21.0 Å². The number of hydrogen-bond acceptors (Lipinski definition) is 3. The second-order valence-corrected chi connectivity index (χ2v) is 7.03. The number of sulfonamides is 1. The number of halogens is 4. The molecule has 1 aromatic carbocycles. The number of carboxylic acid groups (broad SMARTS) is 1. The molecule has 0 saturated heterocycles. The van der Waals surface area contributed by atoms with Gasteiger partial charge < -0.3 is 5.11 Å². The summed E-state index contributed by atoms with van der Waals surface area (Å²) in [5, 5.41) is 8.80. The van der Waals surface area contributed by atoms with Gasteiger partial charge in [-0.1, -0.05) is 15.9 Å². The van der Waals surface area contributed by atoms with Crippen LogP contribution in [0.3, 0.4) is 0 Å². The summed E-state index contributed by atoms with van der Waals surface area (Å²) in [5.74, 6) is -1.41. The third kappa shape index (κ3) is 3.74. The highest BCUT2D eigenvalue weighted by atomic mass is 79.9. The SMILES string of the molecule is CC(C(=O)O)N(C)S(=O)(=O)c1ccc(Br)c(C(F)(F)F)c1. The molecule has 0 aromatic heterocycles. The number of rotatable bonds is 4. The van der Waals surface area contributed by atoms with E-state index in [0.29, 0.717) is 10.4 Å². The van der Waals surface area contributed by atoms with Gasteiger partial charge in [0.05, 0.1) is 10.5 Å². The van der Waals surface area contributed by atoms with Gasteiger partial charge in [-0.2, -0.15) is 17.5 Å². The number of nitrogens with zero attached hydrogens (tertiary/aromatic N) is 1. The van der Waals surface area contributed by atoms with Gasteiger partial charge in [-0.05, 0) is 25.1 Å². The van der Waals surface area contributed by atoms with Crippen LogP contribution in [-0.4, -0.2) is 36.9 Å². The van der Waals surface area contributed by atoms with Gasteiger partial charge in [0.2, 0.25) is 10.0 Å². The van der Waals surface area contributed by atoms with Crippen LogP contribution in [0.2, 0.25) is 0 Å². The Labute approximate surface area is 127 Å². The maximum atomic E-state index is 12.8. The van der Waals surface area contributed by atoms with Gasteiger partial charge >= 0.3 is 12.1 Å². The third-order valence-corrected chi connectivity index (χ3v) is 5.44. The molecule has 0 amide bonds. The standard InChI is InChI=1S/C11H11BrF3NO4S/c1-6(10(17)18)16(2)21(19,20)7-3-4-9(12)8(5-7)11(13,14)15/h3-6H,1-2H3,(H,17,18). The molecule has 0 spiro atoms. The number of alkyl halides is 3. The first-order valence-electron chi connectivity index (χ1n) is 5.46. The van der Waals surface area contributed by atoms with Crippen LogP contribution in [0.1, 0.15) is 12.5 Å². The Hall–Kier alpha value is -1.13.